The molecular weight excluding hydrogens is 274 g/mol. The third kappa shape index (κ3) is 2.97. The summed E-state index contributed by atoms with van der Waals surface area (Å²) in [5.74, 6) is 0.807. The highest BCUT2D eigenvalue weighted by Gasteiger charge is 2.60. The van der Waals surface area contributed by atoms with Crippen molar-refractivity contribution in [1.29, 1.82) is 0 Å². The molecule has 2 aliphatic carbocycles. The minimum Gasteiger partial charge on any atom is -0.389 e. The topological polar surface area (TPSA) is 32.7 Å². The highest BCUT2D eigenvalue weighted by molar-refractivity contribution is 5.09. The molecule has 3 nitrogen and oxygen atoms in total. The second-order valence-electron chi connectivity index (χ2n) is 9.12. The van der Waals surface area contributed by atoms with Gasteiger partial charge in [-0.2, -0.15) is 0 Å². The number of aliphatic hydroxyl groups excluding tert-OH is 1. The number of hydrogen-bond acceptors (Lipinski definition) is 3. The zero-order valence-corrected chi connectivity index (χ0v) is 15.0. The number of rotatable bonds is 5. The van der Waals surface area contributed by atoms with Gasteiger partial charge in [-0.15, -0.1) is 0 Å². The highest BCUT2D eigenvalue weighted by atomic mass is 16.5. The fourth-order valence-electron chi connectivity index (χ4n) is 5.63. The lowest BCUT2D eigenvalue weighted by molar-refractivity contribution is -0.114. The number of hydrogen-bond donors (Lipinski definition) is 1. The molecule has 2 saturated carbocycles. The van der Waals surface area contributed by atoms with E-state index >= 15 is 0 Å². The molecule has 3 rings (SSSR count). The van der Waals surface area contributed by atoms with E-state index in [4.69, 9.17) is 4.74 Å². The van der Waals surface area contributed by atoms with E-state index < -0.39 is 0 Å². The number of ether oxygens (including phenoxy) is 1. The molecule has 1 saturated heterocycles. The summed E-state index contributed by atoms with van der Waals surface area (Å²) < 4.78 is 6.32. The van der Waals surface area contributed by atoms with Gasteiger partial charge in [0.15, 0.2) is 0 Å². The predicted molar refractivity (Wildman–Crippen MR) is 89.9 cm³/mol. The smallest absolute Gasteiger partial charge is 0.0900 e. The van der Waals surface area contributed by atoms with Gasteiger partial charge in [-0.25, -0.2) is 0 Å². The van der Waals surface area contributed by atoms with E-state index in [9.17, 15) is 5.11 Å². The van der Waals surface area contributed by atoms with Crippen molar-refractivity contribution < 1.29 is 9.84 Å². The summed E-state index contributed by atoms with van der Waals surface area (Å²) >= 11 is 0. The van der Waals surface area contributed by atoms with Gasteiger partial charge in [0.1, 0.15) is 0 Å². The quantitative estimate of drug-likeness (QED) is 0.844. The van der Waals surface area contributed by atoms with Crippen LogP contribution in [0.3, 0.4) is 0 Å². The molecule has 2 bridgehead atoms. The Balaban J connectivity index is 1.51. The second-order valence-corrected chi connectivity index (χ2v) is 9.12. The number of piperidine rings is 1. The fraction of sp³-hybridized carbons (Fsp3) is 1.00. The Morgan fingerprint density at radius 2 is 2.00 bits per heavy atom. The molecule has 5 atom stereocenters. The van der Waals surface area contributed by atoms with Crippen molar-refractivity contribution >= 4 is 0 Å². The summed E-state index contributed by atoms with van der Waals surface area (Å²) in [4.78, 5) is 2.44. The number of β-amino-alcohol motifs (C(OH)–C–C–N with tert-alkyl or cyclic N) is 1. The molecule has 3 aliphatic rings. The van der Waals surface area contributed by atoms with Crippen LogP contribution in [0.4, 0.5) is 0 Å². The monoisotopic (exact) mass is 309 g/mol. The van der Waals surface area contributed by atoms with E-state index in [1.54, 1.807) is 0 Å². The minimum absolute atomic E-state index is 0.269. The molecule has 0 aromatic heterocycles. The van der Waals surface area contributed by atoms with Crippen LogP contribution in [0, 0.1) is 16.7 Å². The van der Waals surface area contributed by atoms with Crippen molar-refractivity contribution in [1.82, 2.24) is 4.90 Å². The van der Waals surface area contributed by atoms with Crippen LogP contribution in [0.15, 0.2) is 0 Å². The van der Waals surface area contributed by atoms with Gasteiger partial charge < -0.3 is 9.84 Å². The zero-order chi connectivity index (χ0) is 16.0. The Kier molecular flexibility index (Phi) is 4.61. The van der Waals surface area contributed by atoms with Crippen LogP contribution in [0.25, 0.3) is 0 Å². The van der Waals surface area contributed by atoms with E-state index in [0.29, 0.717) is 24.2 Å². The van der Waals surface area contributed by atoms with Crippen LogP contribution in [0.2, 0.25) is 0 Å². The van der Waals surface area contributed by atoms with Crippen molar-refractivity contribution in [3.05, 3.63) is 0 Å². The molecule has 3 heteroatoms. The number of aliphatic hydroxyl groups is 1. The van der Waals surface area contributed by atoms with Crippen LogP contribution in [-0.4, -0.2) is 48.0 Å². The van der Waals surface area contributed by atoms with Gasteiger partial charge >= 0.3 is 0 Å². The third-order valence-electron chi connectivity index (χ3n) is 6.98. The Bertz CT molecular complexity index is 392. The van der Waals surface area contributed by atoms with E-state index in [1.807, 2.05) is 0 Å². The Morgan fingerprint density at radius 3 is 2.64 bits per heavy atom. The number of nitrogens with zero attached hydrogens (tertiary/aromatic N) is 1. The molecular formula is C19H35NO2. The molecule has 0 aromatic rings. The predicted octanol–water partition coefficient (Wildman–Crippen LogP) is 3.45. The summed E-state index contributed by atoms with van der Waals surface area (Å²) in [6, 6.07) is 0.611. The summed E-state index contributed by atoms with van der Waals surface area (Å²) in [6.45, 7) is 11.8. The van der Waals surface area contributed by atoms with Gasteiger partial charge in [0.05, 0.1) is 18.8 Å². The van der Waals surface area contributed by atoms with Crippen molar-refractivity contribution in [2.75, 3.05) is 19.7 Å². The third-order valence-corrected chi connectivity index (χ3v) is 6.98. The van der Waals surface area contributed by atoms with Crippen LogP contribution < -0.4 is 0 Å². The molecule has 3 fully saturated rings. The average Bonchev–Trinajstić information content (AvgIpc) is 2.92. The van der Waals surface area contributed by atoms with Crippen molar-refractivity contribution in [3.63, 3.8) is 0 Å². The lowest BCUT2D eigenvalue weighted by Gasteiger charge is -2.43. The molecule has 128 valence electrons. The number of fused-ring (bicyclic) bond motifs is 2. The Hall–Kier alpha value is -0.120. The normalized spacial score (nSPS) is 42.7. The Labute approximate surface area is 136 Å². The van der Waals surface area contributed by atoms with Crippen LogP contribution >= 0.6 is 0 Å². The van der Waals surface area contributed by atoms with E-state index in [0.717, 1.165) is 19.0 Å². The van der Waals surface area contributed by atoms with Gasteiger partial charge in [0, 0.05) is 12.6 Å². The van der Waals surface area contributed by atoms with Gasteiger partial charge in [0.25, 0.3) is 0 Å². The maximum absolute atomic E-state index is 10.4. The first-order valence-electron chi connectivity index (χ1n) is 9.36. The summed E-state index contributed by atoms with van der Waals surface area (Å²) in [5.41, 5.74) is 0.609. The van der Waals surface area contributed by atoms with Crippen molar-refractivity contribution in [2.45, 2.75) is 84.5 Å². The minimum atomic E-state index is -0.348. The molecule has 1 N–H and O–H groups in total. The SMILES string of the molecule is C[C@@H]1CCCCN1C[C@H](O)CO[C@@H]1C(C)(C)[C@@H]2CC[C@]1(C)C2. The molecule has 0 unspecified atom stereocenters. The lowest BCUT2D eigenvalue weighted by atomic mass is 9.70. The molecule has 0 radical (unpaired) electrons. The van der Waals surface area contributed by atoms with E-state index in [1.165, 1.54) is 38.5 Å². The lowest BCUT2D eigenvalue weighted by Crippen LogP contribution is -2.46. The van der Waals surface area contributed by atoms with Crippen molar-refractivity contribution in [2.24, 2.45) is 16.7 Å². The molecule has 22 heavy (non-hydrogen) atoms. The first-order valence-corrected chi connectivity index (χ1v) is 9.36. The van der Waals surface area contributed by atoms with Gasteiger partial charge in [0.2, 0.25) is 0 Å². The first-order chi connectivity index (χ1) is 10.3. The van der Waals surface area contributed by atoms with Crippen molar-refractivity contribution in [3.8, 4) is 0 Å². The van der Waals surface area contributed by atoms with E-state index in [-0.39, 0.29) is 11.5 Å². The molecule has 0 amide bonds. The van der Waals surface area contributed by atoms with Crippen LogP contribution in [0.1, 0.15) is 66.2 Å². The van der Waals surface area contributed by atoms with E-state index in [2.05, 4.69) is 32.6 Å². The Morgan fingerprint density at radius 1 is 1.23 bits per heavy atom. The molecule has 0 aromatic carbocycles. The van der Waals surface area contributed by atoms with Gasteiger partial charge in [-0.1, -0.05) is 27.2 Å². The van der Waals surface area contributed by atoms with Crippen LogP contribution in [-0.2, 0) is 4.74 Å². The fourth-order valence-corrected chi connectivity index (χ4v) is 5.63. The number of likely N-dealkylation sites (tertiary alicyclic amines) is 1. The summed E-state index contributed by atoms with van der Waals surface area (Å²) in [5, 5.41) is 10.4. The maximum atomic E-state index is 10.4. The molecule has 1 heterocycles. The standard InChI is InChI=1S/C19H35NO2/c1-14-7-5-6-10-20(14)12-16(21)13-22-17-18(2,3)15-8-9-19(17,4)11-15/h14-17,21H,5-13H2,1-4H3/t14-,15-,16+,17-,19-/m1/s1. The van der Waals surface area contributed by atoms with Gasteiger partial charge in [-0.3, -0.25) is 4.90 Å². The summed E-state index contributed by atoms with van der Waals surface area (Å²) in [7, 11) is 0. The first kappa shape index (κ1) is 16.7. The molecule has 1 aliphatic heterocycles. The average molecular weight is 309 g/mol. The maximum Gasteiger partial charge on any atom is 0.0900 e. The van der Waals surface area contributed by atoms with Gasteiger partial charge in [-0.05, 0) is 62.3 Å². The second kappa shape index (κ2) is 6.07. The highest BCUT2D eigenvalue weighted by Crippen LogP contribution is 2.63. The van der Waals surface area contributed by atoms with Crippen LogP contribution in [0.5, 0.6) is 0 Å². The largest absolute Gasteiger partial charge is 0.389 e. The summed E-state index contributed by atoms with van der Waals surface area (Å²) in [6.07, 6.45) is 7.80. The zero-order valence-electron chi connectivity index (χ0n) is 15.0. The molecule has 0 spiro atoms.